The van der Waals surface area contributed by atoms with E-state index in [0.717, 1.165) is 16.5 Å². The van der Waals surface area contributed by atoms with Crippen molar-refractivity contribution < 1.29 is 9.53 Å². The van der Waals surface area contributed by atoms with Crippen molar-refractivity contribution in [1.29, 1.82) is 0 Å². The third-order valence-electron chi connectivity index (χ3n) is 2.25. The smallest absolute Gasteiger partial charge is 0.317 e. The molecule has 2 aromatic rings. The van der Waals surface area contributed by atoms with Crippen molar-refractivity contribution in [2.24, 2.45) is 0 Å². The predicted molar refractivity (Wildman–Crippen MR) is 64.2 cm³/mol. The molecule has 1 heterocycles. The van der Waals surface area contributed by atoms with Gasteiger partial charge in [-0.1, -0.05) is 17.9 Å². The van der Waals surface area contributed by atoms with Gasteiger partial charge in [0.1, 0.15) is 6.42 Å². The van der Waals surface area contributed by atoms with E-state index in [0.29, 0.717) is 6.61 Å². The lowest BCUT2D eigenvalue weighted by Gasteiger charge is -1.95. The molecule has 0 spiro atoms. The maximum atomic E-state index is 11.1. The highest BCUT2D eigenvalue weighted by Crippen LogP contribution is 2.14. The van der Waals surface area contributed by atoms with Crippen LogP contribution in [-0.2, 0) is 9.53 Å². The van der Waals surface area contributed by atoms with E-state index in [2.05, 4.69) is 22.0 Å². The minimum Gasteiger partial charge on any atom is -0.465 e. The van der Waals surface area contributed by atoms with E-state index in [1.54, 1.807) is 13.1 Å². The molecule has 1 aromatic heterocycles. The lowest BCUT2D eigenvalue weighted by Crippen LogP contribution is -2.01. The number of carbonyl (C=O) groups is 1. The average molecular weight is 228 g/mol. The molecule has 0 saturated heterocycles. The molecule has 4 heteroatoms. The Bertz CT molecular complexity index is 590. The average Bonchev–Trinajstić information content (AvgIpc) is 2.78. The largest absolute Gasteiger partial charge is 0.465 e. The summed E-state index contributed by atoms with van der Waals surface area (Å²) >= 11 is 0. The van der Waals surface area contributed by atoms with Crippen LogP contribution in [0.15, 0.2) is 24.4 Å². The van der Waals surface area contributed by atoms with Crippen molar-refractivity contribution in [1.82, 2.24) is 10.2 Å². The second kappa shape index (κ2) is 5.17. The van der Waals surface area contributed by atoms with Crippen LogP contribution in [-0.4, -0.2) is 22.8 Å². The molecule has 86 valence electrons. The molecule has 0 saturated carbocycles. The van der Waals surface area contributed by atoms with Crippen molar-refractivity contribution in [3.05, 3.63) is 30.0 Å². The van der Waals surface area contributed by atoms with Crippen LogP contribution in [0.5, 0.6) is 0 Å². The zero-order valence-electron chi connectivity index (χ0n) is 9.49. The van der Waals surface area contributed by atoms with E-state index in [-0.39, 0.29) is 12.4 Å². The van der Waals surface area contributed by atoms with Crippen LogP contribution in [0.4, 0.5) is 0 Å². The molecular formula is C13H12N2O2. The number of nitrogens with zero attached hydrogens (tertiary/aromatic N) is 1. The van der Waals surface area contributed by atoms with E-state index in [9.17, 15) is 4.79 Å². The highest BCUT2D eigenvalue weighted by Gasteiger charge is 2.00. The molecule has 0 atom stereocenters. The summed E-state index contributed by atoms with van der Waals surface area (Å²) in [5.74, 6) is 5.46. The Balaban J connectivity index is 2.16. The first-order chi connectivity index (χ1) is 8.31. The molecule has 0 radical (unpaired) electrons. The second-order valence-corrected chi connectivity index (χ2v) is 3.42. The minimum absolute atomic E-state index is 0.113. The quantitative estimate of drug-likeness (QED) is 0.630. The summed E-state index contributed by atoms with van der Waals surface area (Å²) in [5.41, 5.74) is 1.80. The lowest BCUT2D eigenvalue weighted by molar-refractivity contribution is -0.141. The molecule has 0 aliphatic heterocycles. The summed E-state index contributed by atoms with van der Waals surface area (Å²) in [6, 6.07) is 5.73. The molecule has 0 bridgehead atoms. The number of carbonyl (C=O) groups excluding carboxylic acids is 1. The summed E-state index contributed by atoms with van der Waals surface area (Å²) in [7, 11) is 0. The van der Waals surface area contributed by atoms with E-state index in [4.69, 9.17) is 4.74 Å². The van der Waals surface area contributed by atoms with Crippen molar-refractivity contribution in [3.63, 3.8) is 0 Å². The Morgan fingerprint density at radius 1 is 1.53 bits per heavy atom. The molecule has 0 amide bonds. The lowest BCUT2D eigenvalue weighted by atomic mass is 10.1. The maximum absolute atomic E-state index is 11.1. The Morgan fingerprint density at radius 3 is 3.24 bits per heavy atom. The van der Waals surface area contributed by atoms with Crippen molar-refractivity contribution in [2.45, 2.75) is 13.3 Å². The number of fused-ring (bicyclic) bond motifs is 1. The van der Waals surface area contributed by atoms with Crippen LogP contribution in [0.1, 0.15) is 18.9 Å². The van der Waals surface area contributed by atoms with E-state index in [1.807, 2.05) is 18.2 Å². The number of aromatic nitrogens is 2. The first kappa shape index (κ1) is 11.2. The highest BCUT2D eigenvalue weighted by molar-refractivity contribution is 5.84. The van der Waals surface area contributed by atoms with Gasteiger partial charge in [0.25, 0.3) is 0 Å². The number of rotatable bonds is 2. The van der Waals surface area contributed by atoms with Crippen LogP contribution >= 0.6 is 0 Å². The third kappa shape index (κ3) is 2.64. The summed E-state index contributed by atoms with van der Waals surface area (Å²) in [4.78, 5) is 11.1. The molecule has 1 N–H and O–H groups in total. The molecule has 4 nitrogen and oxygen atoms in total. The zero-order valence-corrected chi connectivity index (χ0v) is 9.49. The van der Waals surface area contributed by atoms with Gasteiger partial charge in [-0.15, -0.1) is 0 Å². The number of hydrogen-bond donors (Lipinski definition) is 1. The molecule has 0 aliphatic rings. The first-order valence-electron chi connectivity index (χ1n) is 5.38. The minimum atomic E-state index is -0.292. The Labute approximate surface area is 99.0 Å². The van der Waals surface area contributed by atoms with Gasteiger partial charge in [-0.05, 0) is 19.1 Å². The van der Waals surface area contributed by atoms with Crippen LogP contribution in [0.2, 0.25) is 0 Å². The topological polar surface area (TPSA) is 55.0 Å². The molecule has 17 heavy (non-hydrogen) atoms. The second-order valence-electron chi connectivity index (χ2n) is 3.42. The fourth-order valence-electron chi connectivity index (χ4n) is 1.50. The van der Waals surface area contributed by atoms with Gasteiger partial charge in [0, 0.05) is 10.9 Å². The normalized spacial score (nSPS) is 9.71. The highest BCUT2D eigenvalue weighted by atomic mass is 16.5. The van der Waals surface area contributed by atoms with Gasteiger partial charge in [0.05, 0.1) is 18.3 Å². The van der Waals surface area contributed by atoms with Gasteiger partial charge < -0.3 is 4.74 Å². The van der Waals surface area contributed by atoms with Crippen LogP contribution in [0, 0.1) is 11.8 Å². The van der Waals surface area contributed by atoms with Crippen LogP contribution in [0.3, 0.4) is 0 Å². The Morgan fingerprint density at radius 2 is 2.41 bits per heavy atom. The molecule has 0 fully saturated rings. The fraction of sp³-hybridized carbons (Fsp3) is 0.231. The van der Waals surface area contributed by atoms with Gasteiger partial charge in [-0.25, -0.2) is 0 Å². The predicted octanol–water partition coefficient (Wildman–Crippen LogP) is 1.87. The number of ether oxygens (including phenoxy) is 1. The summed E-state index contributed by atoms with van der Waals surface area (Å²) in [6.07, 6.45) is 1.84. The molecular weight excluding hydrogens is 216 g/mol. The van der Waals surface area contributed by atoms with E-state index < -0.39 is 0 Å². The maximum Gasteiger partial charge on any atom is 0.317 e. The first-order valence-corrected chi connectivity index (χ1v) is 5.38. The number of nitrogens with one attached hydrogen (secondary N) is 1. The fourth-order valence-corrected chi connectivity index (χ4v) is 1.50. The van der Waals surface area contributed by atoms with Crippen LogP contribution < -0.4 is 0 Å². The summed E-state index contributed by atoms with van der Waals surface area (Å²) in [6.45, 7) is 2.16. The monoisotopic (exact) mass is 228 g/mol. The SMILES string of the molecule is CCOC(=O)CC#Cc1cccc2[nH]ncc12. The molecule has 2 rings (SSSR count). The molecule has 1 aromatic carbocycles. The number of hydrogen-bond acceptors (Lipinski definition) is 3. The Kier molecular flexibility index (Phi) is 3.41. The number of benzene rings is 1. The van der Waals surface area contributed by atoms with Crippen molar-refractivity contribution in [2.75, 3.05) is 6.61 Å². The standard InChI is InChI=1S/C13H12N2O2/c1-2-17-13(16)8-4-6-10-5-3-7-12-11(10)9-14-15-12/h3,5,7,9H,2,8H2,1H3,(H,14,15). The number of aromatic amines is 1. The number of H-pyrrole nitrogens is 1. The van der Waals surface area contributed by atoms with Gasteiger partial charge in [0.15, 0.2) is 0 Å². The summed E-state index contributed by atoms with van der Waals surface area (Å²) < 4.78 is 4.79. The van der Waals surface area contributed by atoms with Gasteiger partial charge >= 0.3 is 5.97 Å². The van der Waals surface area contributed by atoms with Crippen molar-refractivity contribution >= 4 is 16.9 Å². The third-order valence-corrected chi connectivity index (χ3v) is 2.25. The van der Waals surface area contributed by atoms with Crippen molar-refractivity contribution in [3.8, 4) is 11.8 Å². The van der Waals surface area contributed by atoms with Crippen LogP contribution in [0.25, 0.3) is 10.9 Å². The zero-order chi connectivity index (χ0) is 12.1. The number of esters is 1. The molecule has 0 aliphatic carbocycles. The Hall–Kier alpha value is -2.28. The van der Waals surface area contributed by atoms with Gasteiger partial charge in [-0.2, -0.15) is 5.10 Å². The van der Waals surface area contributed by atoms with E-state index in [1.165, 1.54) is 0 Å². The molecule has 0 unspecified atom stereocenters. The van der Waals surface area contributed by atoms with Gasteiger partial charge in [0.2, 0.25) is 0 Å². The van der Waals surface area contributed by atoms with Gasteiger partial charge in [-0.3, -0.25) is 9.89 Å². The summed E-state index contributed by atoms with van der Waals surface area (Å²) in [5, 5.41) is 7.78. The van der Waals surface area contributed by atoms with E-state index >= 15 is 0 Å².